The van der Waals surface area contributed by atoms with Crippen LogP contribution in [-0.4, -0.2) is 9.97 Å². The summed E-state index contributed by atoms with van der Waals surface area (Å²) < 4.78 is 6.53. The van der Waals surface area contributed by atoms with Crippen LogP contribution >= 0.6 is 0 Å². The molecule has 0 amide bonds. The lowest BCUT2D eigenvalue weighted by Crippen LogP contribution is -1.99. The second kappa shape index (κ2) is 11.2. The van der Waals surface area contributed by atoms with Gasteiger partial charge in [0.05, 0.1) is 11.4 Å². The van der Waals surface area contributed by atoms with Crippen molar-refractivity contribution in [3.05, 3.63) is 170 Å². The number of benzene rings is 7. The molecule has 3 nitrogen and oxygen atoms in total. The molecule has 0 saturated heterocycles. The molecule has 1 aromatic heterocycles. The summed E-state index contributed by atoms with van der Waals surface area (Å²) in [5, 5.41) is 2.31. The van der Waals surface area contributed by atoms with E-state index in [9.17, 15) is 0 Å². The zero-order valence-electron chi connectivity index (χ0n) is 25.5. The molecule has 8 aromatic rings. The number of hydrogen-bond acceptors (Lipinski definition) is 3. The summed E-state index contributed by atoms with van der Waals surface area (Å²) in [5.41, 5.74) is 11.7. The van der Waals surface area contributed by atoms with Crippen LogP contribution in [-0.2, 0) is 0 Å². The minimum Gasteiger partial charge on any atom is -0.456 e. The largest absolute Gasteiger partial charge is 0.456 e. The van der Waals surface area contributed by atoms with E-state index in [-0.39, 0.29) is 0 Å². The number of nitrogens with zero attached hydrogens (tertiary/aromatic N) is 2. The summed E-state index contributed by atoms with van der Waals surface area (Å²) >= 11 is 0. The molecular weight excluding hydrogens is 572 g/mol. The minimum atomic E-state index is 0.694. The standard InChI is InChI=1S/C44H28N2O/c1-4-11-29(12-5-1)30-19-21-32(22-20-30)39-28-40(46-44(45-39)33-15-8-3-9-16-33)34-23-25-41-38(27-34)37-18-10-17-36-35(31-13-6-2-7-14-31)24-26-42(47-41)43(36)37/h1-28H. The van der Waals surface area contributed by atoms with Crippen molar-refractivity contribution in [2.45, 2.75) is 0 Å². The maximum Gasteiger partial charge on any atom is 0.160 e. The molecule has 9 rings (SSSR count). The van der Waals surface area contributed by atoms with Crippen molar-refractivity contribution in [1.82, 2.24) is 9.97 Å². The summed E-state index contributed by atoms with van der Waals surface area (Å²) in [6.45, 7) is 0. The van der Waals surface area contributed by atoms with E-state index in [2.05, 4.69) is 146 Å². The third-order valence-corrected chi connectivity index (χ3v) is 8.92. The number of hydrogen-bond donors (Lipinski definition) is 0. The predicted molar refractivity (Wildman–Crippen MR) is 192 cm³/mol. The zero-order chi connectivity index (χ0) is 31.2. The number of fused-ring (bicyclic) bond motifs is 2. The molecular formula is C44H28N2O. The first-order valence-corrected chi connectivity index (χ1v) is 15.8. The monoisotopic (exact) mass is 600 g/mol. The van der Waals surface area contributed by atoms with Crippen molar-refractivity contribution in [2.75, 3.05) is 0 Å². The summed E-state index contributed by atoms with van der Waals surface area (Å²) in [6.07, 6.45) is 0. The summed E-state index contributed by atoms with van der Waals surface area (Å²) in [6, 6.07) is 59.0. The second-order valence-electron chi connectivity index (χ2n) is 11.8. The molecule has 1 aliphatic rings. The highest BCUT2D eigenvalue weighted by Gasteiger charge is 2.23. The van der Waals surface area contributed by atoms with E-state index in [1.807, 2.05) is 24.3 Å². The van der Waals surface area contributed by atoms with Crippen molar-refractivity contribution in [3.8, 4) is 78.8 Å². The van der Waals surface area contributed by atoms with Crippen LogP contribution in [0.4, 0.5) is 0 Å². The summed E-state index contributed by atoms with van der Waals surface area (Å²) in [4.78, 5) is 10.2. The molecule has 0 atom stereocenters. The van der Waals surface area contributed by atoms with Gasteiger partial charge in [-0.1, -0.05) is 140 Å². The van der Waals surface area contributed by atoms with Gasteiger partial charge in [-0.25, -0.2) is 9.97 Å². The van der Waals surface area contributed by atoms with E-state index < -0.39 is 0 Å². The Morgan fingerprint density at radius 2 is 0.915 bits per heavy atom. The van der Waals surface area contributed by atoms with Gasteiger partial charge in [0.25, 0.3) is 0 Å². The fraction of sp³-hybridized carbons (Fsp3) is 0. The van der Waals surface area contributed by atoms with Crippen LogP contribution in [0.5, 0.6) is 11.5 Å². The van der Waals surface area contributed by atoms with E-state index in [0.29, 0.717) is 5.82 Å². The van der Waals surface area contributed by atoms with Gasteiger partial charge >= 0.3 is 0 Å². The Kier molecular flexibility index (Phi) is 6.46. The lowest BCUT2D eigenvalue weighted by atomic mass is 9.89. The molecule has 0 N–H and O–H groups in total. The average Bonchev–Trinajstić information content (AvgIpc) is 3.16. The van der Waals surface area contributed by atoms with Crippen molar-refractivity contribution < 1.29 is 4.74 Å². The third-order valence-electron chi connectivity index (χ3n) is 8.92. The first kappa shape index (κ1) is 27.0. The summed E-state index contributed by atoms with van der Waals surface area (Å²) in [5.74, 6) is 2.42. The zero-order valence-corrected chi connectivity index (χ0v) is 25.5. The first-order chi connectivity index (χ1) is 23.3. The van der Waals surface area contributed by atoms with Gasteiger partial charge in [-0.05, 0) is 63.5 Å². The van der Waals surface area contributed by atoms with E-state index >= 15 is 0 Å². The van der Waals surface area contributed by atoms with Gasteiger partial charge in [-0.2, -0.15) is 0 Å². The smallest absolute Gasteiger partial charge is 0.160 e. The van der Waals surface area contributed by atoms with Gasteiger partial charge in [-0.15, -0.1) is 0 Å². The molecule has 1 aliphatic heterocycles. The van der Waals surface area contributed by atoms with Crippen LogP contribution in [0.15, 0.2) is 170 Å². The Labute approximate surface area is 273 Å². The van der Waals surface area contributed by atoms with E-state index in [1.54, 1.807) is 0 Å². The molecule has 0 fully saturated rings. The van der Waals surface area contributed by atoms with Gasteiger partial charge in [-0.3, -0.25) is 0 Å². The van der Waals surface area contributed by atoms with Crippen molar-refractivity contribution >= 4 is 10.8 Å². The van der Waals surface area contributed by atoms with Crippen LogP contribution in [0.1, 0.15) is 0 Å². The van der Waals surface area contributed by atoms with Crippen LogP contribution in [0, 0.1) is 0 Å². The van der Waals surface area contributed by atoms with Gasteiger partial charge in [0.15, 0.2) is 5.82 Å². The van der Waals surface area contributed by atoms with Gasteiger partial charge in [0, 0.05) is 27.6 Å². The molecule has 7 aromatic carbocycles. The van der Waals surface area contributed by atoms with E-state index in [1.165, 1.54) is 27.6 Å². The molecule has 47 heavy (non-hydrogen) atoms. The van der Waals surface area contributed by atoms with Crippen molar-refractivity contribution in [1.29, 1.82) is 0 Å². The van der Waals surface area contributed by atoms with E-state index in [0.717, 1.165) is 56.1 Å². The Balaban J connectivity index is 1.18. The lowest BCUT2D eigenvalue weighted by molar-refractivity contribution is 0.487. The van der Waals surface area contributed by atoms with E-state index in [4.69, 9.17) is 14.7 Å². The molecule has 2 heterocycles. The normalized spacial score (nSPS) is 11.6. The lowest BCUT2D eigenvalue weighted by Gasteiger charge is -2.23. The van der Waals surface area contributed by atoms with Crippen LogP contribution in [0.2, 0.25) is 0 Å². The minimum absolute atomic E-state index is 0.694. The Bertz CT molecular complexity index is 2400. The highest BCUT2D eigenvalue weighted by atomic mass is 16.5. The van der Waals surface area contributed by atoms with Crippen molar-refractivity contribution in [3.63, 3.8) is 0 Å². The Morgan fingerprint density at radius 3 is 1.64 bits per heavy atom. The maximum atomic E-state index is 6.53. The van der Waals surface area contributed by atoms with Crippen molar-refractivity contribution in [2.24, 2.45) is 0 Å². The quantitative estimate of drug-likeness (QED) is 0.197. The fourth-order valence-corrected chi connectivity index (χ4v) is 6.58. The average molecular weight is 601 g/mol. The highest BCUT2D eigenvalue weighted by Crippen LogP contribution is 2.49. The molecule has 3 heteroatoms. The predicted octanol–water partition coefficient (Wildman–Crippen LogP) is 11.7. The molecule has 0 saturated carbocycles. The third kappa shape index (κ3) is 4.86. The van der Waals surface area contributed by atoms with Gasteiger partial charge < -0.3 is 4.74 Å². The molecule has 0 bridgehead atoms. The van der Waals surface area contributed by atoms with Gasteiger partial charge in [0.2, 0.25) is 0 Å². The number of ether oxygens (including phenoxy) is 1. The molecule has 0 spiro atoms. The molecule has 0 aliphatic carbocycles. The summed E-state index contributed by atoms with van der Waals surface area (Å²) in [7, 11) is 0. The topological polar surface area (TPSA) is 35.0 Å². The molecule has 0 radical (unpaired) electrons. The van der Waals surface area contributed by atoms with Crippen LogP contribution in [0.3, 0.4) is 0 Å². The number of aromatic nitrogens is 2. The van der Waals surface area contributed by atoms with Crippen LogP contribution in [0.25, 0.3) is 78.1 Å². The SMILES string of the molecule is c1ccc(-c2ccc(-c3cc(-c4ccc5c(c4)-c4cccc6c(-c7ccccc7)ccc(c46)O5)nc(-c4ccccc4)n3)cc2)cc1. The fourth-order valence-electron chi connectivity index (χ4n) is 6.58. The Morgan fingerprint density at radius 1 is 0.340 bits per heavy atom. The molecule has 220 valence electrons. The highest BCUT2D eigenvalue weighted by molar-refractivity contribution is 6.10. The molecule has 0 unspecified atom stereocenters. The maximum absolute atomic E-state index is 6.53. The first-order valence-electron chi connectivity index (χ1n) is 15.8. The number of rotatable bonds is 5. The van der Waals surface area contributed by atoms with Gasteiger partial charge in [0.1, 0.15) is 11.5 Å². The second-order valence-corrected chi connectivity index (χ2v) is 11.8. The Hall–Kier alpha value is -6.32. The van der Waals surface area contributed by atoms with Crippen LogP contribution < -0.4 is 4.74 Å².